The maximum Gasteiger partial charge on any atom is 0.299 e. The first-order valence-corrected chi connectivity index (χ1v) is 9.57. The van der Waals surface area contributed by atoms with Gasteiger partial charge in [-0.15, -0.1) is 0 Å². The van der Waals surface area contributed by atoms with Crippen molar-refractivity contribution in [1.82, 2.24) is 4.90 Å². The van der Waals surface area contributed by atoms with Gasteiger partial charge < -0.3 is 0 Å². The summed E-state index contributed by atoms with van der Waals surface area (Å²) in [6.07, 6.45) is 0.836. The van der Waals surface area contributed by atoms with E-state index in [0.717, 1.165) is 19.5 Å². The van der Waals surface area contributed by atoms with E-state index in [1.165, 1.54) is 5.56 Å². The van der Waals surface area contributed by atoms with Crippen LogP contribution in [0.15, 0.2) is 65.6 Å². The largest absolute Gasteiger partial charge is 0.299 e. The maximum atomic E-state index is 14.8. The molecule has 25 heavy (non-hydrogen) atoms. The molecule has 1 fully saturated rings. The van der Waals surface area contributed by atoms with Crippen LogP contribution in [0.25, 0.3) is 0 Å². The van der Waals surface area contributed by atoms with Crippen LogP contribution in [0, 0.1) is 5.41 Å². The number of benzene rings is 2. The fourth-order valence-electron chi connectivity index (χ4n) is 3.59. The molecule has 0 saturated carbocycles. The van der Waals surface area contributed by atoms with Crippen LogP contribution in [-0.4, -0.2) is 22.7 Å². The molecule has 1 atom stereocenters. The van der Waals surface area contributed by atoms with E-state index < -0.39 is 5.25 Å². The molecule has 1 saturated heterocycles. The molecule has 0 bridgehead atoms. The van der Waals surface area contributed by atoms with Crippen molar-refractivity contribution in [1.29, 1.82) is 0 Å². The minimum Gasteiger partial charge on any atom is -0.295 e. The highest BCUT2D eigenvalue weighted by Crippen LogP contribution is 2.47. The third-order valence-electron chi connectivity index (χ3n) is 5.06. The molecule has 0 N–H and O–H groups in total. The second kappa shape index (κ2) is 7.46. The zero-order valence-electron chi connectivity index (χ0n) is 14.8. The van der Waals surface area contributed by atoms with Crippen molar-refractivity contribution in [3.8, 4) is 0 Å². The molecule has 1 nitrogen and oxygen atoms in total. The van der Waals surface area contributed by atoms with Gasteiger partial charge in [-0.05, 0) is 36.1 Å². The second-order valence-corrected chi connectivity index (χ2v) is 8.74. The Morgan fingerprint density at radius 3 is 2.28 bits per heavy atom. The first-order chi connectivity index (χ1) is 11.9. The summed E-state index contributed by atoms with van der Waals surface area (Å²) in [6.45, 7) is 5.84. The number of halogens is 2. The lowest BCUT2D eigenvalue weighted by molar-refractivity contribution is 0.0367. The van der Waals surface area contributed by atoms with E-state index in [1.54, 1.807) is 24.3 Å². The van der Waals surface area contributed by atoms with Crippen LogP contribution in [0.2, 0.25) is 0 Å². The summed E-state index contributed by atoms with van der Waals surface area (Å²) in [5.74, 6) is 0. The number of hydrogen-bond acceptors (Lipinski definition) is 2. The summed E-state index contributed by atoms with van der Waals surface area (Å²) >= 11 is 0.682. The second-order valence-electron chi connectivity index (χ2n) is 7.47. The van der Waals surface area contributed by atoms with Crippen molar-refractivity contribution < 1.29 is 8.78 Å². The molecule has 0 radical (unpaired) electrons. The van der Waals surface area contributed by atoms with E-state index in [-0.39, 0.29) is 17.9 Å². The van der Waals surface area contributed by atoms with Gasteiger partial charge in [-0.2, -0.15) is 8.78 Å². The van der Waals surface area contributed by atoms with Crippen LogP contribution in [0.3, 0.4) is 0 Å². The van der Waals surface area contributed by atoms with E-state index in [4.69, 9.17) is 0 Å². The van der Waals surface area contributed by atoms with Gasteiger partial charge in [0.15, 0.2) is 0 Å². The third kappa shape index (κ3) is 4.83. The Morgan fingerprint density at radius 1 is 1.04 bits per heavy atom. The number of thioether (sulfide) groups is 1. The minimum absolute atomic E-state index is 0.102. The van der Waals surface area contributed by atoms with Crippen LogP contribution < -0.4 is 0 Å². The smallest absolute Gasteiger partial charge is 0.295 e. The summed E-state index contributed by atoms with van der Waals surface area (Å²) in [4.78, 5) is 2.85. The Kier molecular flexibility index (Phi) is 5.49. The van der Waals surface area contributed by atoms with Crippen LogP contribution >= 0.6 is 11.8 Å². The first-order valence-electron chi connectivity index (χ1n) is 8.76. The van der Waals surface area contributed by atoms with Crippen LogP contribution in [0.4, 0.5) is 8.78 Å². The van der Waals surface area contributed by atoms with E-state index in [9.17, 15) is 8.78 Å². The standard InChI is InChI=1S/C21H25F2NS/c1-20(2)13-14-24(16-17-9-5-3-6-10-17)19(20)15-21(22,23)25-18-11-7-4-8-12-18/h3-12,19H,13-16H2,1-2H3. The molecule has 0 amide bonds. The summed E-state index contributed by atoms with van der Waals surface area (Å²) in [6, 6.07) is 19.0. The highest BCUT2D eigenvalue weighted by Gasteiger charge is 2.46. The predicted molar refractivity (Wildman–Crippen MR) is 101 cm³/mol. The van der Waals surface area contributed by atoms with Gasteiger partial charge in [-0.1, -0.05) is 74.1 Å². The molecule has 134 valence electrons. The average molecular weight is 362 g/mol. The fraction of sp³-hybridized carbons (Fsp3) is 0.429. The van der Waals surface area contributed by atoms with E-state index >= 15 is 0 Å². The van der Waals surface area contributed by atoms with E-state index in [0.29, 0.717) is 16.7 Å². The topological polar surface area (TPSA) is 3.24 Å². The Morgan fingerprint density at radius 2 is 1.64 bits per heavy atom. The summed E-state index contributed by atoms with van der Waals surface area (Å²) in [5, 5.41) is -2.78. The molecule has 4 heteroatoms. The molecule has 0 aromatic heterocycles. The Balaban J connectivity index is 1.72. The lowest BCUT2D eigenvalue weighted by atomic mass is 9.83. The van der Waals surface area contributed by atoms with Gasteiger partial charge in [0.05, 0.1) is 0 Å². The fourth-order valence-corrected chi connectivity index (χ4v) is 4.47. The number of alkyl halides is 2. The maximum absolute atomic E-state index is 14.8. The normalized spacial score (nSPS) is 20.7. The average Bonchev–Trinajstić information content (AvgIpc) is 2.84. The highest BCUT2D eigenvalue weighted by molar-refractivity contribution is 8.00. The molecule has 0 aliphatic carbocycles. The monoisotopic (exact) mass is 361 g/mol. The molecule has 1 unspecified atom stereocenters. The summed E-state index contributed by atoms with van der Waals surface area (Å²) in [7, 11) is 0. The van der Waals surface area contributed by atoms with Crippen LogP contribution in [0.1, 0.15) is 32.3 Å². The quantitative estimate of drug-likeness (QED) is 0.575. The van der Waals surface area contributed by atoms with Crippen molar-refractivity contribution in [2.75, 3.05) is 6.54 Å². The van der Waals surface area contributed by atoms with Crippen molar-refractivity contribution in [2.24, 2.45) is 5.41 Å². The Labute approximate surface area is 153 Å². The van der Waals surface area contributed by atoms with Gasteiger partial charge in [0.25, 0.3) is 5.25 Å². The van der Waals surface area contributed by atoms with Gasteiger partial charge in [0, 0.05) is 23.9 Å². The van der Waals surface area contributed by atoms with Gasteiger partial charge in [-0.3, -0.25) is 4.90 Å². The van der Waals surface area contributed by atoms with Gasteiger partial charge in [0.1, 0.15) is 0 Å². The van der Waals surface area contributed by atoms with Crippen molar-refractivity contribution in [2.45, 2.75) is 49.4 Å². The van der Waals surface area contributed by atoms with Crippen LogP contribution in [-0.2, 0) is 6.54 Å². The van der Waals surface area contributed by atoms with Gasteiger partial charge in [-0.25, -0.2) is 0 Å². The third-order valence-corrected chi connectivity index (χ3v) is 6.03. The SMILES string of the molecule is CC1(C)CCN(Cc2ccccc2)C1CC(F)(F)Sc1ccccc1. The van der Waals surface area contributed by atoms with Gasteiger partial charge in [0.2, 0.25) is 0 Å². The zero-order valence-corrected chi connectivity index (χ0v) is 15.6. The Bertz CT molecular complexity index is 673. The van der Waals surface area contributed by atoms with Crippen molar-refractivity contribution >= 4 is 11.8 Å². The molecular weight excluding hydrogens is 336 g/mol. The van der Waals surface area contributed by atoms with E-state index in [2.05, 4.69) is 30.9 Å². The molecule has 2 aromatic carbocycles. The first kappa shape index (κ1) is 18.4. The summed E-state index contributed by atoms with van der Waals surface area (Å²) in [5.41, 5.74) is 1.08. The lowest BCUT2D eigenvalue weighted by Crippen LogP contribution is -2.40. The molecule has 1 aliphatic rings. The van der Waals surface area contributed by atoms with Gasteiger partial charge >= 0.3 is 0 Å². The molecule has 3 rings (SSSR count). The molecule has 1 heterocycles. The Hall–Kier alpha value is -1.39. The molecule has 2 aromatic rings. The summed E-state index contributed by atoms with van der Waals surface area (Å²) < 4.78 is 29.5. The predicted octanol–water partition coefficient (Wildman–Crippen LogP) is 6.06. The molecule has 0 spiro atoms. The van der Waals surface area contributed by atoms with Crippen LogP contribution in [0.5, 0.6) is 0 Å². The zero-order chi connectivity index (χ0) is 17.9. The minimum atomic E-state index is -2.78. The highest BCUT2D eigenvalue weighted by atomic mass is 32.2. The van der Waals surface area contributed by atoms with Crippen molar-refractivity contribution in [3.63, 3.8) is 0 Å². The van der Waals surface area contributed by atoms with Crippen molar-refractivity contribution in [3.05, 3.63) is 66.2 Å². The number of hydrogen-bond donors (Lipinski definition) is 0. The van der Waals surface area contributed by atoms with E-state index in [1.807, 2.05) is 24.3 Å². The number of rotatable bonds is 6. The number of likely N-dealkylation sites (tertiary alicyclic amines) is 1. The molecule has 1 aliphatic heterocycles. The molecular formula is C21H25F2NS. The number of nitrogens with zero attached hydrogens (tertiary/aromatic N) is 1. The lowest BCUT2D eigenvalue weighted by Gasteiger charge is -2.35.